The molecule has 2 amide bonds. The fourth-order valence-electron chi connectivity index (χ4n) is 2.16. The van der Waals surface area contributed by atoms with E-state index in [4.69, 9.17) is 9.84 Å². The Bertz CT molecular complexity index is 382. The van der Waals surface area contributed by atoms with E-state index in [1.54, 1.807) is 6.92 Å². The summed E-state index contributed by atoms with van der Waals surface area (Å²) in [6, 6.07) is -0.764. The van der Waals surface area contributed by atoms with Crippen LogP contribution >= 0.6 is 0 Å². The number of urea groups is 1. The molecular weight excluding hydrogens is 276 g/mol. The summed E-state index contributed by atoms with van der Waals surface area (Å²) in [6.45, 7) is 4.19. The lowest BCUT2D eigenvalue weighted by Gasteiger charge is -2.25. The number of rotatable bonds is 9. The fourth-order valence-corrected chi connectivity index (χ4v) is 2.16. The van der Waals surface area contributed by atoms with E-state index >= 15 is 0 Å². The van der Waals surface area contributed by atoms with E-state index in [1.165, 1.54) is 4.90 Å². The Morgan fingerprint density at radius 3 is 2.48 bits per heavy atom. The van der Waals surface area contributed by atoms with Crippen LogP contribution in [0, 0.1) is 5.92 Å². The average molecular weight is 300 g/mol. The molecule has 1 aliphatic rings. The molecule has 0 aromatic heterocycles. The van der Waals surface area contributed by atoms with Crippen LogP contribution in [-0.2, 0) is 14.3 Å². The molecule has 2 N–H and O–H groups in total. The van der Waals surface area contributed by atoms with Crippen LogP contribution < -0.4 is 5.32 Å². The molecule has 0 bridgehead atoms. The summed E-state index contributed by atoms with van der Waals surface area (Å²) in [4.78, 5) is 35.9. The normalized spacial score (nSPS) is 15.1. The Hall–Kier alpha value is -1.79. The van der Waals surface area contributed by atoms with Crippen LogP contribution in [0.2, 0.25) is 0 Å². The van der Waals surface area contributed by atoms with Crippen molar-refractivity contribution in [3.05, 3.63) is 0 Å². The van der Waals surface area contributed by atoms with Gasteiger partial charge in [-0.05, 0) is 32.1 Å². The third-order valence-corrected chi connectivity index (χ3v) is 3.30. The van der Waals surface area contributed by atoms with Crippen LogP contribution in [0.15, 0.2) is 0 Å². The van der Waals surface area contributed by atoms with Gasteiger partial charge in [-0.25, -0.2) is 4.79 Å². The van der Waals surface area contributed by atoms with Crippen molar-refractivity contribution >= 4 is 18.0 Å². The molecule has 1 aliphatic carbocycles. The van der Waals surface area contributed by atoms with Gasteiger partial charge in [-0.3, -0.25) is 9.59 Å². The number of esters is 1. The van der Waals surface area contributed by atoms with Crippen molar-refractivity contribution in [2.24, 2.45) is 5.92 Å². The second kappa shape index (κ2) is 8.49. The highest BCUT2D eigenvalue weighted by Crippen LogP contribution is 2.34. The predicted molar refractivity (Wildman–Crippen MR) is 75.8 cm³/mol. The number of nitrogens with one attached hydrogen (secondary N) is 1. The number of carboxylic acid groups (broad SMARTS) is 1. The van der Waals surface area contributed by atoms with Gasteiger partial charge in [0.15, 0.2) is 0 Å². The van der Waals surface area contributed by atoms with Crippen molar-refractivity contribution in [2.45, 2.75) is 45.6 Å². The lowest BCUT2D eigenvalue weighted by molar-refractivity contribution is -0.144. The van der Waals surface area contributed by atoms with Crippen LogP contribution in [0.3, 0.4) is 0 Å². The molecule has 0 spiro atoms. The zero-order chi connectivity index (χ0) is 15.8. The molecule has 0 aromatic carbocycles. The van der Waals surface area contributed by atoms with E-state index in [0.29, 0.717) is 13.0 Å². The smallest absolute Gasteiger partial charge is 0.325 e. The first kappa shape index (κ1) is 17.3. The number of aliphatic carboxylic acids is 1. The van der Waals surface area contributed by atoms with Crippen molar-refractivity contribution in [3.8, 4) is 0 Å². The third-order valence-electron chi connectivity index (χ3n) is 3.30. The Kier molecular flexibility index (Phi) is 6.98. The summed E-state index contributed by atoms with van der Waals surface area (Å²) in [6.07, 6.45) is 2.49. The number of carboxylic acids is 1. The topological polar surface area (TPSA) is 95.9 Å². The summed E-state index contributed by atoms with van der Waals surface area (Å²) < 4.78 is 4.84. The van der Waals surface area contributed by atoms with Gasteiger partial charge < -0.3 is 20.1 Å². The number of carbonyl (C=O) groups excluding carboxylic acids is 2. The van der Waals surface area contributed by atoms with E-state index in [-0.39, 0.29) is 31.5 Å². The Labute approximate surface area is 124 Å². The Morgan fingerprint density at radius 1 is 1.33 bits per heavy atom. The average Bonchev–Trinajstić information content (AvgIpc) is 3.21. The first-order valence-electron chi connectivity index (χ1n) is 7.40. The molecule has 0 radical (unpaired) electrons. The maximum absolute atomic E-state index is 12.2. The van der Waals surface area contributed by atoms with Crippen molar-refractivity contribution in [2.75, 3.05) is 19.7 Å². The highest BCUT2D eigenvalue weighted by Gasteiger charge is 2.34. The van der Waals surface area contributed by atoms with Crippen LogP contribution in [0.1, 0.15) is 39.5 Å². The molecule has 120 valence electrons. The maximum Gasteiger partial charge on any atom is 0.325 e. The molecule has 1 saturated carbocycles. The maximum atomic E-state index is 12.2. The van der Waals surface area contributed by atoms with Crippen molar-refractivity contribution in [1.82, 2.24) is 10.2 Å². The zero-order valence-corrected chi connectivity index (χ0v) is 12.6. The predicted octanol–water partition coefficient (Wildman–Crippen LogP) is 1.22. The van der Waals surface area contributed by atoms with Gasteiger partial charge in [-0.2, -0.15) is 0 Å². The number of amides is 2. The van der Waals surface area contributed by atoms with E-state index < -0.39 is 18.0 Å². The van der Waals surface area contributed by atoms with Gasteiger partial charge in [0.1, 0.15) is 6.54 Å². The first-order chi connectivity index (χ1) is 9.97. The van der Waals surface area contributed by atoms with Crippen molar-refractivity contribution < 1.29 is 24.2 Å². The SMILES string of the molecule is CCCN(CC(=O)OCC)C(=O)NC(CC(=O)O)C1CC1. The molecule has 7 nitrogen and oxygen atoms in total. The second-order valence-corrected chi connectivity index (χ2v) is 5.22. The van der Waals surface area contributed by atoms with Gasteiger partial charge in [-0.15, -0.1) is 0 Å². The molecule has 1 rings (SSSR count). The lowest BCUT2D eigenvalue weighted by Crippen LogP contribution is -2.48. The molecule has 0 aromatic rings. The summed E-state index contributed by atoms with van der Waals surface area (Å²) in [7, 11) is 0. The molecule has 1 atom stereocenters. The number of ether oxygens (including phenoxy) is 1. The van der Waals surface area contributed by atoms with Crippen molar-refractivity contribution in [1.29, 1.82) is 0 Å². The monoisotopic (exact) mass is 300 g/mol. The molecule has 7 heteroatoms. The van der Waals surface area contributed by atoms with E-state index in [9.17, 15) is 14.4 Å². The summed E-state index contributed by atoms with van der Waals surface area (Å²) in [5.41, 5.74) is 0. The third kappa shape index (κ3) is 6.46. The van der Waals surface area contributed by atoms with E-state index in [2.05, 4.69) is 5.32 Å². The minimum atomic E-state index is -0.931. The quantitative estimate of drug-likeness (QED) is 0.624. The summed E-state index contributed by atoms with van der Waals surface area (Å²) in [5, 5.41) is 11.6. The van der Waals surface area contributed by atoms with Crippen LogP contribution in [-0.4, -0.2) is 53.7 Å². The largest absolute Gasteiger partial charge is 0.481 e. The van der Waals surface area contributed by atoms with Gasteiger partial charge >= 0.3 is 18.0 Å². The summed E-state index contributed by atoms with van der Waals surface area (Å²) >= 11 is 0. The molecule has 21 heavy (non-hydrogen) atoms. The second-order valence-electron chi connectivity index (χ2n) is 5.22. The number of carbonyl (C=O) groups is 3. The number of hydrogen-bond acceptors (Lipinski definition) is 4. The first-order valence-corrected chi connectivity index (χ1v) is 7.40. The Morgan fingerprint density at radius 2 is 2.00 bits per heavy atom. The minimum Gasteiger partial charge on any atom is -0.481 e. The van der Waals surface area contributed by atoms with Gasteiger partial charge in [0.2, 0.25) is 0 Å². The molecule has 1 fully saturated rings. The van der Waals surface area contributed by atoms with E-state index in [1.807, 2.05) is 6.92 Å². The molecule has 0 saturated heterocycles. The van der Waals surface area contributed by atoms with Crippen LogP contribution in [0.5, 0.6) is 0 Å². The minimum absolute atomic E-state index is 0.0875. The highest BCUT2D eigenvalue weighted by molar-refractivity contribution is 5.81. The van der Waals surface area contributed by atoms with Gasteiger partial charge in [0.05, 0.1) is 13.0 Å². The Balaban J connectivity index is 2.57. The van der Waals surface area contributed by atoms with Crippen LogP contribution in [0.4, 0.5) is 4.79 Å². The zero-order valence-electron chi connectivity index (χ0n) is 12.6. The van der Waals surface area contributed by atoms with E-state index in [0.717, 1.165) is 12.8 Å². The number of hydrogen-bond donors (Lipinski definition) is 2. The molecule has 1 unspecified atom stereocenters. The highest BCUT2D eigenvalue weighted by atomic mass is 16.5. The van der Waals surface area contributed by atoms with Crippen LogP contribution in [0.25, 0.3) is 0 Å². The fraction of sp³-hybridized carbons (Fsp3) is 0.786. The number of nitrogens with zero attached hydrogens (tertiary/aromatic N) is 1. The molecule has 0 heterocycles. The molecule has 0 aliphatic heterocycles. The standard InChI is InChI=1S/C14H24N2O5/c1-3-7-16(9-13(19)21-4-2)14(20)15-11(8-12(17)18)10-5-6-10/h10-11H,3-9H2,1-2H3,(H,15,20)(H,17,18). The lowest BCUT2D eigenvalue weighted by atomic mass is 10.1. The molecular formula is C14H24N2O5. The van der Waals surface area contributed by atoms with Gasteiger partial charge in [-0.1, -0.05) is 6.92 Å². The van der Waals surface area contributed by atoms with Gasteiger partial charge in [0.25, 0.3) is 0 Å². The summed E-state index contributed by atoms with van der Waals surface area (Å²) in [5.74, 6) is -1.15. The van der Waals surface area contributed by atoms with Crippen molar-refractivity contribution in [3.63, 3.8) is 0 Å². The van der Waals surface area contributed by atoms with Gasteiger partial charge in [0, 0.05) is 12.6 Å².